The minimum Gasteiger partial charge on any atom is -0.370 e. The molecule has 3 aromatic rings. The van der Waals surface area contributed by atoms with Crippen molar-refractivity contribution in [3.63, 3.8) is 0 Å². The molecule has 0 spiro atoms. The summed E-state index contributed by atoms with van der Waals surface area (Å²) >= 11 is 5.98. The Labute approximate surface area is 174 Å². The maximum absolute atomic E-state index is 12.8. The van der Waals surface area contributed by atoms with E-state index in [1.54, 1.807) is 12.3 Å². The van der Waals surface area contributed by atoms with Gasteiger partial charge in [0.2, 0.25) is 0 Å². The third kappa shape index (κ3) is 4.53. The number of hydrogen-bond donors (Lipinski definition) is 3. The molecule has 0 fully saturated rings. The fourth-order valence-corrected chi connectivity index (χ4v) is 3.55. The van der Waals surface area contributed by atoms with Crippen LogP contribution in [0.2, 0.25) is 5.02 Å². The predicted molar refractivity (Wildman–Crippen MR) is 116 cm³/mol. The number of aliphatic hydroxyl groups excluding tert-OH is 1. The molecule has 1 atom stereocenters. The molecular weight excluding hydrogens is 386 g/mol. The van der Waals surface area contributed by atoms with Crippen LogP contribution in [0.4, 0.5) is 0 Å². The molecule has 1 unspecified atom stereocenters. The summed E-state index contributed by atoms with van der Waals surface area (Å²) in [5, 5.41) is 16.9. The number of amides is 1. The summed E-state index contributed by atoms with van der Waals surface area (Å²) in [4.78, 5) is 12.8. The molecule has 1 amide bonds. The van der Waals surface area contributed by atoms with E-state index >= 15 is 0 Å². The van der Waals surface area contributed by atoms with Gasteiger partial charge in [-0.1, -0.05) is 48.0 Å². The number of para-hydroxylation sites is 1. The van der Waals surface area contributed by atoms with Crippen LogP contribution in [0.15, 0.2) is 78.7 Å². The molecule has 1 aromatic heterocycles. The Hall–Kier alpha value is -3.02. The third-order valence-corrected chi connectivity index (χ3v) is 5.18. The van der Waals surface area contributed by atoms with Crippen LogP contribution >= 0.6 is 11.6 Å². The maximum Gasteiger partial charge on any atom is 0.253 e. The zero-order valence-corrected chi connectivity index (χ0v) is 16.6. The van der Waals surface area contributed by atoms with Crippen LogP contribution in [-0.4, -0.2) is 28.4 Å². The molecule has 148 valence electrons. The first-order valence-electron chi connectivity index (χ1n) is 9.52. The topological polar surface area (TPSA) is 66.3 Å². The van der Waals surface area contributed by atoms with E-state index in [0.29, 0.717) is 30.1 Å². The Bertz CT molecular complexity index is 1080. The van der Waals surface area contributed by atoms with Gasteiger partial charge in [-0.2, -0.15) is 0 Å². The van der Waals surface area contributed by atoms with Gasteiger partial charge >= 0.3 is 0 Å². The minimum absolute atomic E-state index is 0.0931. The number of aromatic nitrogens is 1. The Morgan fingerprint density at radius 3 is 2.72 bits per heavy atom. The van der Waals surface area contributed by atoms with Gasteiger partial charge in [0.05, 0.1) is 5.56 Å². The van der Waals surface area contributed by atoms with Crippen molar-refractivity contribution >= 4 is 28.4 Å². The molecule has 0 radical (unpaired) electrons. The lowest BCUT2D eigenvalue weighted by molar-refractivity contribution is 0.0955. The van der Waals surface area contributed by atoms with Crippen LogP contribution in [0.1, 0.15) is 22.3 Å². The number of nitrogens with zero attached hydrogens (tertiary/aromatic N) is 1. The van der Waals surface area contributed by atoms with Crippen LogP contribution in [-0.2, 0) is 6.54 Å². The molecule has 29 heavy (non-hydrogen) atoms. The summed E-state index contributed by atoms with van der Waals surface area (Å²) in [5.41, 5.74) is 3.83. The molecule has 1 aliphatic heterocycles. The fourth-order valence-electron chi connectivity index (χ4n) is 3.43. The van der Waals surface area contributed by atoms with Crippen molar-refractivity contribution in [1.29, 1.82) is 0 Å². The first-order valence-corrected chi connectivity index (χ1v) is 9.90. The molecule has 4 rings (SSSR count). The summed E-state index contributed by atoms with van der Waals surface area (Å²) in [6, 6.07) is 15.7. The van der Waals surface area contributed by atoms with E-state index in [2.05, 4.69) is 15.2 Å². The molecule has 3 N–H and O–H groups in total. The van der Waals surface area contributed by atoms with E-state index in [0.717, 1.165) is 22.0 Å². The zero-order valence-electron chi connectivity index (χ0n) is 15.8. The molecule has 0 aliphatic carbocycles. The average Bonchev–Trinajstić information content (AvgIpc) is 3.10. The van der Waals surface area contributed by atoms with Crippen molar-refractivity contribution in [3.8, 4) is 0 Å². The van der Waals surface area contributed by atoms with Crippen molar-refractivity contribution in [2.45, 2.75) is 19.2 Å². The molecule has 5 nitrogen and oxygen atoms in total. The van der Waals surface area contributed by atoms with Crippen molar-refractivity contribution in [1.82, 2.24) is 15.2 Å². The molecule has 0 bridgehead atoms. The van der Waals surface area contributed by atoms with Crippen molar-refractivity contribution < 1.29 is 9.90 Å². The van der Waals surface area contributed by atoms with Crippen molar-refractivity contribution in [2.24, 2.45) is 0 Å². The minimum atomic E-state index is -0.639. The van der Waals surface area contributed by atoms with Gasteiger partial charge in [0.1, 0.15) is 6.23 Å². The quantitative estimate of drug-likeness (QED) is 0.582. The normalized spacial score (nSPS) is 15.8. The summed E-state index contributed by atoms with van der Waals surface area (Å²) < 4.78 is 2.09. The van der Waals surface area contributed by atoms with Gasteiger partial charge < -0.3 is 20.3 Å². The molecule has 2 heterocycles. The highest BCUT2D eigenvalue weighted by molar-refractivity contribution is 6.30. The summed E-state index contributed by atoms with van der Waals surface area (Å²) in [6.45, 7) is 1.18. The average molecular weight is 408 g/mol. The number of nitrogens with one attached hydrogen (secondary N) is 2. The number of halogens is 1. The lowest BCUT2D eigenvalue weighted by Crippen LogP contribution is -2.27. The van der Waals surface area contributed by atoms with Crippen LogP contribution in [0.25, 0.3) is 10.9 Å². The second-order valence-electron chi connectivity index (χ2n) is 7.01. The van der Waals surface area contributed by atoms with Gasteiger partial charge in [-0.05, 0) is 41.8 Å². The Morgan fingerprint density at radius 2 is 1.97 bits per heavy atom. The third-order valence-electron chi connectivity index (χ3n) is 4.93. The Kier molecular flexibility index (Phi) is 5.69. The molecule has 1 aliphatic rings. The number of allylic oxidation sites excluding steroid dienone is 1. The second-order valence-corrected chi connectivity index (χ2v) is 7.45. The molecule has 2 aromatic carbocycles. The lowest BCUT2D eigenvalue weighted by atomic mass is 10.1. The predicted octanol–water partition coefficient (Wildman–Crippen LogP) is 3.82. The number of aliphatic hydroxyl groups is 1. The number of benzene rings is 2. The fraction of sp³-hybridized carbons (Fsp3) is 0.174. The number of carbonyl (C=O) groups is 1. The number of dihydropyridines is 1. The van der Waals surface area contributed by atoms with Crippen LogP contribution < -0.4 is 10.6 Å². The van der Waals surface area contributed by atoms with E-state index < -0.39 is 6.23 Å². The van der Waals surface area contributed by atoms with Crippen molar-refractivity contribution in [3.05, 3.63) is 94.8 Å². The van der Waals surface area contributed by atoms with Crippen molar-refractivity contribution in [2.75, 3.05) is 6.54 Å². The van der Waals surface area contributed by atoms with Gasteiger partial charge in [0, 0.05) is 41.4 Å². The zero-order chi connectivity index (χ0) is 20.2. The first kappa shape index (κ1) is 19.3. The number of rotatable bonds is 6. The number of fused-ring (bicyclic) bond motifs is 1. The highest BCUT2D eigenvalue weighted by atomic mass is 35.5. The van der Waals surface area contributed by atoms with E-state index in [1.165, 1.54) is 0 Å². The summed E-state index contributed by atoms with van der Waals surface area (Å²) in [6.07, 6.45) is 7.28. The van der Waals surface area contributed by atoms with E-state index in [-0.39, 0.29) is 5.91 Å². The molecule has 0 saturated carbocycles. The first-order chi connectivity index (χ1) is 14.1. The maximum atomic E-state index is 12.8. The van der Waals surface area contributed by atoms with Gasteiger partial charge in [-0.3, -0.25) is 4.79 Å². The second kappa shape index (κ2) is 8.55. The Balaban J connectivity index is 1.49. The van der Waals surface area contributed by atoms with E-state index in [1.807, 2.05) is 60.8 Å². The van der Waals surface area contributed by atoms with Gasteiger partial charge in [0.15, 0.2) is 0 Å². The smallest absolute Gasteiger partial charge is 0.253 e. The summed E-state index contributed by atoms with van der Waals surface area (Å²) in [5.74, 6) is -0.0931. The highest BCUT2D eigenvalue weighted by Crippen LogP contribution is 2.23. The largest absolute Gasteiger partial charge is 0.370 e. The van der Waals surface area contributed by atoms with E-state index in [4.69, 9.17) is 11.6 Å². The monoisotopic (exact) mass is 407 g/mol. The Morgan fingerprint density at radius 1 is 1.17 bits per heavy atom. The highest BCUT2D eigenvalue weighted by Gasteiger charge is 2.15. The van der Waals surface area contributed by atoms with Gasteiger partial charge in [0.25, 0.3) is 5.91 Å². The van der Waals surface area contributed by atoms with Crippen LogP contribution in [0.3, 0.4) is 0 Å². The number of hydrogen-bond acceptors (Lipinski definition) is 3. The molecular formula is C23H22ClN3O2. The SMILES string of the molecule is O=C(NCCC1=CNC(O)C=C1)c1cn(Cc2ccc(Cl)cc2)c2ccccc12. The van der Waals surface area contributed by atoms with Gasteiger partial charge in [-0.15, -0.1) is 0 Å². The standard InChI is InChI=1S/C23H22ClN3O2/c24-18-8-5-17(6-9-18)14-27-15-20(19-3-1-2-4-21(19)27)23(29)25-12-11-16-7-10-22(28)26-13-16/h1-10,13,15,22,26,28H,11-12,14H2,(H,25,29). The van der Waals surface area contributed by atoms with E-state index in [9.17, 15) is 9.90 Å². The van der Waals surface area contributed by atoms with Crippen LogP contribution in [0, 0.1) is 0 Å². The molecule has 6 heteroatoms. The summed E-state index contributed by atoms with van der Waals surface area (Å²) in [7, 11) is 0. The van der Waals surface area contributed by atoms with Crippen LogP contribution in [0.5, 0.6) is 0 Å². The van der Waals surface area contributed by atoms with Gasteiger partial charge in [-0.25, -0.2) is 0 Å². The number of carbonyl (C=O) groups excluding carboxylic acids is 1. The lowest BCUT2D eigenvalue weighted by Gasteiger charge is -2.13. The molecule has 0 saturated heterocycles.